The summed E-state index contributed by atoms with van der Waals surface area (Å²) in [6.07, 6.45) is 1.59. The molecule has 0 unspecified atom stereocenters. The van der Waals surface area contributed by atoms with Crippen LogP contribution in [0.4, 0.5) is 4.39 Å². The molecule has 4 heteroatoms. The van der Waals surface area contributed by atoms with Crippen molar-refractivity contribution in [2.24, 2.45) is 5.16 Å². The Morgan fingerprint density at radius 1 is 1.11 bits per heavy atom. The number of halogens is 2. The predicted molar refractivity (Wildman–Crippen MR) is 72.9 cm³/mol. The zero-order valence-corrected chi connectivity index (χ0v) is 11.1. The molecule has 0 aliphatic carbocycles. The first kappa shape index (κ1) is 12.8. The SMILES string of the molecule is Fc1ccccc1CON=Cc1ccccc1Br. The van der Waals surface area contributed by atoms with E-state index in [0.717, 1.165) is 10.0 Å². The molecule has 0 radical (unpaired) electrons. The minimum atomic E-state index is -0.284. The Morgan fingerprint density at radius 2 is 1.83 bits per heavy atom. The Kier molecular flexibility index (Phi) is 4.47. The second kappa shape index (κ2) is 6.31. The van der Waals surface area contributed by atoms with Gasteiger partial charge in [-0.05, 0) is 12.1 Å². The molecule has 0 aliphatic heterocycles. The van der Waals surface area contributed by atoms with Gasteiger partial charge >= 0.3 is 0 Å². The van der Waals surface area contributed by atoms with E-state index >= 15 is 0 Å². The van der Waals surface area contributed by atoms with Crippen molar-refractivity contribution in [3.8, 4) is 0 Å². The second-order valence-electron chi connectivity index (χ2n) is 3.62. The normalized spacial score (nSPS) is 10.8. The van der Waals surface area contributed by atoms with Gasteiger partial charge in [0, 0.05) is 15.6 Å². The van der Waals surface area contributed by atoms with Crippen LogP contribution in [0.5, 0.6) is 0 Å². The fourth-order valence-corrected chi connectivity index (χ4v) is 1.78. The summed E-state index contributed by atoms with van der Waals surface area (Å²) in [6.45, 7) is 0.119. The maximum atomic E-state index is 13.3. The molecule has 0 saturated carbocycles. The van der Waals surface area contributed by atoms with Crippen molar-refractivity contribution < 1.29 is 9.23 Å². The molecular weight excluding hydrogens is 297 g/mol. The number of oxime groups is 1. The molecule has 0 aliphatic rings. The van der Waals surface area contributed by atoms with Gasteiger partial charge in [-0.25, -0.2) is 4.39 Å². The van der Waals surface area contributed by atoms with Crippen molar-refractivity contribution in [1.29, 1.82) is 0 Å². The molecule has 0 fully saturated rings. The molecule has 0 heterocycles. The maximum absolute atomic E-state index is 13.3. The number of hydrogen-bond acceptors (Lipinski definition) is 2. The molecule has 2 rings (SSSR count). The third-order valence-corrected chi connectivity index (χ3v) is 3.07. The van der Waals surface area contributed by atoms with Crippen LogP contribution >= 0.6 is 15.9 Å². The lowest BCUT2D eigenvalue weighted by molar-refractivity contribution is 0.129. The van der Waals surface area contributed by atoms with Crippen LogP contribution in [0.15, 0.2) is 58.2 Å². The minimum Gasteiger partial charge on any atom is -0.391 e. The standard InChI is InChI=1S/C14H11BrFNO/c15-13-7-3-1-5-11(13)9-17-18-10-12-6-2-4-8-14(12)16/h1-9H,10H2. The third-order valence-electron chi connectivity index (χ3n) is 2.35. The lowest BCUT2D eigenvalue weighted by Crippen LogP contribution is -1.92. The van der Waals surface area contributed by atoms with Gasteiger partial charge in [-0.15, -0.1) is 0 Å². The quantitative estimate of drug-likeness (QED) is 0.614. The van der Waals surface area contributed by atoms with Gasteiger partial charge in [-0.2, -0.15) is 0 Å². The number of nitrogens with zero attached hydrogens (tertiary/aromatic N) is 1. The summed E-state index contributed by atoms with van der Waals surface area (Å²) >= 11 is 3.40. The van der Waals surface area contributed by atoms with Gasteiger partial charge in [0.15, 0.2) is 0 Å². The van der Waals surface area contributed by atoms with E-state index in [9.17, 15) is 4.39 Å². The Bertz CT molecular complexity index is 557. The third kappa shape index (κ3) is 3.40. The van der Waals surface area contributed by atoms with Crippen LogP contribution in [-0.2, 0) is 11.4 Å². The largest absolute Gasteiger partial charge is 0.391 e. The highest BCUT2D eigenvalue weighted by molar-refractivity contribution is 9.10. The van der Waals surface area contributed by atoms with Crippen molar-refractivity contribution in [3.63, 3.8) is 0 Å². The molecule has 0 spiro atoms. The number of rotatable bonds is 4. The summed E-state index contributed by atoms with van der Waals surface area (Å²) in [5, 5.41) is 3.82. The Hall–Kier alpha value is -1.68. The van der Waals surface area contributed by atoms with E-state index in [1.165, 1.54) is 6.07 Å². The lowest BCUT2D eigenvalue weighted by atomic mass is 10.2. The number of benzene rings is 2. The molecule has 2 aromatic rings. The van der Waals surface area contributed by atoms with Crippen LogP contribution in [0.25, 0.3) is 0 Å². The molecule has 2 aromatic carbocycles. The van der Waals surface area contributed by atoms with Gasteiger partial charge < -0.3 is 4.84 Å². The average molecular weight is 308 g/mol. The van der Waals surface area contributed by atoms with Gasteiger partial charge in [-0.3, -0.25) is 0 Å². The van der Waals surface area contributed by atoms with E-state index in [1.54, 1.807) is 24.4 Å². The first-order valence-corrected chi connectivity index (χ1v) is 6.20. The van der Waals surface area contributed by atoms with E-state index in [4.69, 9.17) is 4.84 Å². The molecule has 92 valence electrons. The summed E-state index contributed by atoms with van der Waals surface area (Å²) < 4.78 is 14.2. The first-order valence-electron chi connectivity index (χ1n) is 5.40. The molecule has 0 saturated heterocycles. The summed E-state index contributed by atoms with van der Waals surface area (Å²) in [6, 6.07) is 14.1. The second-order valence-corrected chi connectivity index (χ2v) is 4.48. The van der Waals surface area contributed by atoms with Crippen LogP contribution in [0.2, 0.25) is 0 Å². The lowest BCUT2D eigenvalue weighted by Gasteiger charge is -2.01. The molecule has 0 aromatic heterocycles. The topological polar surface area (TPSA) is 21.6 Å². The van der Waals surface area contributed by atoms with Crippen LogP contribution in [-0.4, -0.2) is 6.21 Å². The Balaban J connectivity index is 1.93. The van der Waals surface area contributed by atoms with E-state index in [-0.39, 0.29) is 12.4 Å². The van der Waals surface area contributed by atoms with Crippen molar-refractivity contribution in [2.45, 2.75) is 6.61 Å². The van der Waals surface area contributed by atoms with Crippen LogP contribution in [0, 0.1) is 5.82 Å². The van der Waals surface area contributed by atoms with Gasteiger partial charge in [-0.1, -0.05) is 57.5 Å². The molecule has 0 bridgehead atoms. The molecule has 0 atom stereocenters. The van der Waals surface area contributed by atoms with Gasteiger partial charge in [0.05, 0.1) is 6.21 Å². The number of hydrogen-bond donors (Lipinski definition) is 0. The molecule has 0 N–H and O–H groups in total. The predicted octanol–water partition coefficient (Wildman–Crippen LogP) is 4.14. The highest BCUT2D eigenvalue weighted by Gasteiger charge is 1.99. The van der Waals surface area contributed by atoms with Crippen LogP contribution in [0.3, 0.4) is 0 Å². The summed E-state index contributed by atoms with van der Waals surface area (Å²) in [5.41, 5.74) is 1.40. The van der Waals surface area contributed by atoms with E-state index in [2.05, 4.69) is 21.1 Å². The van der Waals surface area contributed by atoms with E-state index < -0.39 is 0 Å². The van der Waals surface area contributed by atoms with E-state index in [1.807, 2.05) is 24.3 Å². The summed E-state index contributed by atoms with van der Waals surface area (Å²) in [5.74, 6) is -0.284. The van der Waals surface area contributed by atoms with Gasteiger partial charge in [0.1, 0.15) is 12.4 Å². The molecule has 2 nitrogen and oxygen atoms in total. The zero-order chi connectivity index (χ0) is 12.8. The zero-order valence-electron chi connectivity index (χ0n) is 9.51. The monoisotopic (exact) mass is 307 g/mol. The molecule has 0 amide bonds. The fourth-order valence-electron chi connectivity index (χ4n) is 1.40. The van der Waals surface area contributed by atoms with Crippen molar-refractivity contribution >= 4 is 22.1 Å². The van der Waals surface area contributed by atoms with Crippen molar-refractivity contribution in [1.82, 2.24) is 0 Å². The highest BCUT2D eigenvalue weighted by atomic mass is 79.9. The first-order chi connectivity index (χ1) is 8.77. The maximum Gasteiger partial charge on any atom is 0.145 e. The van der Waals surface area contributed by atoms with Gasteiger partial charge in [0.25, 0.3) is 0 Å². The summed E-state index contributed by atoms with van der Waals surface area (Å²) in [4.78, 5) is 5.07. The molecular formula is C14H11BrFNO. The van der Waals surface area contributed by atoms with Crippen LogP contribution < -0.4 is 0 Å². The van der Waals surface area contributed by atoms with Crippen LogP contribution in [0.1, 0.15) is 11.1 Å². The highest BCUT2D eigenvalue weighted by Crippen LogP contribution is 2.13. The Labute approximate surface area is 113 Å². The Morgan fingerprint density at radius 3 is 2.61 bits per heavy atom. The van der Waals surface area contributed by atoms with Crippen molar-refractivity contribution in [2.75, 3.05) is 0 Å². The van der Waals surface area contributed by atoms with E-state index in [0.29, 0.717) is 5.56 Å². The summed E-state index contributed by atoms with van der Waals surface area (Å²) in [7, 11) is 0. The minimum absolute atomic E-state index is 0.119. The average Bonchev–Trinajstić information content (AvgIpc) is 2.38. The fraction of sp³-hybridized carbons (Fsp3) is 0.0714. The molecule has 18 heavy (non-hydrogen) atoms. The van der Waals surface area contributed by atoms with Gasteiger partial charge in [0.2, 0.25) is 0 Å². The smallest absolute Gasteiger partial charge is 0.145 e. The van der Waals surface area contributed by atoms with Crippen molar-refractivity contribution in [3.05, 3.63) is 69.9 Å².